The largest absolute Gasteiger partial charge is 0.457 e. The molecule has 70 heavy (non-hydrogen) atoms. The van der Waals surface area contributed by atoms with Crippen molar-refractivity contribution in [2.24, 2.45) is 0 Å². The first kappa shape index (κ1) is 38.9. The predicted molar refractivity (Wildman–Crippen MR) is 289 cm³/mol. The molecule has 0 unspecified atom stereocenters. The lowest BCUT2D eigenvalue weighted by Gasteiger charge is -2.40. The van der Waals surface area contributed by atoms with Gasteiger partial charge in [0.05, 0.1) is 16.5 Å². The molecule has 3 heteroatoms. The van der Waals surface area contributed by atoms with E-state index < -0.39 is 5.41 Å². The van der Waals surface area contributed by atoms with Crippen LogP contribution in [-0.2, 0) is 5.41 Å². The Morgan fingerprint density at radius 2 is 0.900 bits per heavy atom. The highest BCUT2D eigenvalue weighted by Crippen LogP contribution is 2.62. The third-order valence-corrected chi connectivity index (χ3v) is 15.1. The van der Waals surface area contributed by atoms with Gasteiger partial charge in [0.25, 0.3) is 0 Å². The zero-order valence-corrected chi connectivity index (χ0v) is 37.9. The number of furan rings is 1. The molecular weight excluding hydrogens is 851 g/mol. The Morgan fingerprint density at radius 1 is 0.329 bits per heavy atom. The molecule has 1 aromatic heterocycles. The fourth-order valence-electron chi connectivity index (χ4n) is 12.1. The van der Waals surface area contributed by atoms with Crippen LogP contribution in [0.3, 0.4) is 0 Å². The number of nitrogens with zero attached hydrogens (tertiary/aromatic N) is 1. The van der Waals surface area contributed by atoms with Crippen molar-refractivity contribution < 1.29 is 9.15 Å². The average molecular weight is 892 g/mol. The molecule has 13 aromatic rings. The van der Waals surface area contributed by atoms with E-state index in [0.29, 0.717) is 0 Å². The van der Waals surface area contributed by atoms with E-state index >= 15 is 0 Å². The van der Waals surface area contributed by atoms with Crippen molar-refractivity contribution in [3.8, 4) is 44.9 Å². The average Bonchev–Trinajstić information content (AvgIpc) is 3.96. The molecule has 12 aromatic carbocycles. The Hall–Kier alpha value is -9.18. The van der Waals surface area contributed by atoms with Crippen molar-refractivity contribution >= 4 is 71.3 Å². The zero-order valence-electron chi connectivity index (χ0n) is 37.9. The second-order valence-corrected chi connectivity index (χ2v) is 18.7. The molecule has 1 aliphatic carbocycles. The molecule has 0 atom stereocenters. The summed E-state index contributed by atoms with van der Waals surface area (Å²) in [7, 11) is 0. The summed E-state index contributed by atoms with van der Waals surface area (Å²) in [6.07, 6.45) is 0. The SMILES string of the molecule is c1ccc2c(c1)Oc1cc(N(c3ccc(-c4ccc5ccc6ccccc6c5c4)cc3)c3ccc(-c4cccc5ccccc45)c4oc5ccccc5c34)ccc1C21c2ccccc2-c2ccccc21. The molecule has 0 saturated heterocycles. The molecule has 1 aliphatic heterocycles. The number of hydrogen-bond donors (Lipinski definition) is 0. The minimum absolute atomic E-state index is 0.568. The van der Waals surface area contributed by atoms with Crippen molar-refractivity contribution in [1.29, 1.82) is 0 Å². The van der Waals surface area contributed by atoms with Gasteiger partial charge in [0, 0.05) is 39.5 Å². The van der Waals surface area contributed by atoms with Gasteiger partial charge >= 0.3 is 0 Å². The summed E-state index contributed by atoms with van der Waals surface area (Å²) < 4.78 is 14.1. The Morgan fingerprint density at radius 3 is 1.70 bits per heavy atom. The van der Waals surface area contributed by atoms with Gasteiger partial charge < -0.3 is 14.1 Å². The van der Waals surface area contributed by atoms with Gasteiger partial charge in [0.1, 0.15) is 22.7 Å². The molecule has 0 N–H and O–H groups in total. The molecule has 3 nitrogen and oxygen atoms in total. The van der Waals surface area contributed by atoms with E-state index in [1.807, 2.05) is 0 Å². The van der Waals surface area contributed by atoms with E-state index in [-0.39, 0.29) is 0 Å². The van der Waals surface area contributed by atoms with Crippen LogP contribution in [0.2, 0.25) is 0 Å². The van der Waals surface area contributed by atoms with Crippen molar-refractivity contribution in [2.75, 3.05) is 4.90 Å². The normalized spacial score (nSPS) is 13.1. The van der Waals surface area contributed by atoms with Gasteiger partial charge in [0.15, 0.2) is 0 Å². The maximum absolute atomic E-state index is 7.11. The van der Waals surface area contributed by atoms with Crippen LogP contribution in [-0.4, -0.2) is 0 Å². The number of para-hydroxylation sites is 2. The standard InChI is InChI=1S/C67H41NO2/c1-3-17-49-43(14-1)16-13-22-51(49)54-37-39-61(65-55-21-7-11-26-62(55)70-66(54)65)68(47-34-32-42(33-35-47)46-31-30-45-29-28-44-15-2-4-18-50(44)56(45)40-46)48-36-38-60-64(41-48)69-63-27-12-10-25-59(63)67(60)57-23-8-5-19-52(57)53-20-6-9-24-58(53)67/h1-41H. The molecule has 0 bridgehead atoms. The Bertz CT molecular complexity index is 4240. The second kappa shape index (κ2) is 14.9. The summed E-state index contributed by atoms with van der Waals surface area (Å²) in [5, 5.41) is 9.47. The lowest BCUT2D eigenvalue weighted by atomic mass is 9.66. The van der Waals surface area contributed by atoms with Gasteiger partial charge in [-0.1, -0.05) is 194 Å². The number of rotatable bonds is 5. The summed E-state index contributed by atoms with van der Waals surface area (Å²) in [6, 6.07) is 90.3. The maximum atomic E-state index is 7.11. The molecular formula is C67H41NO2. The van der Waals surface area contributed by atoms with Crippen LogP contribution in [0.4, 0.5) is 17.1 Å². The second-order valence-electron chi connectivity index (χ2n) is 18.7. The minimum Gasteiger partial charge on any atom is -0.457 e. The Balaban J connectivity index is 0.965. The van der Waals surface area contributed by atoms with Crippen molar-refractivity contribution in [1.82, 2.24) is 0 Å². The third-order valence-electron chi connectivity index (χ3n) is 15.1. The molecule has 1 spiro atoms. The first-order valence-electron chi connectivity index (χ1n) is 24.1. The molecule has 0 amide bonds. The van der Waals surface area contributed by atoms with Gasteiger partial charge in [-0.2, -0.15) is 0 Å². The van der Waals surface area contributed by atoms with E-state index in [9.17, 15) is 0 Å². The summed E-state index contributed by atoms with van der Waals surface area (Å²) in [5.74, 6) is 1.69. The molecule has 2 aliphatic rings. The first-order chi connectivity index (χ1) is 34.7. The first-order valence-corrected chi connectivity index (χ1v) is 24.1. The van der Waals surface area contributed by atoms with Gasteiger partial charge in [0.2, 0.25) is 0 Å². The van der Waals surface area contributed by atoms with Crippen molar-refractivity contribution in [2.45, 2.75) is 5.41 Å². The molecule has 0 fully saturated rings. The van der Waals surface area contributed by atoms with Crippen LogP contribution in [0, 0.1) is 0 Å². The van der Waals surface area contributed by atoms with E-state index in [2.05, 4.69) is 254 Å². The van der Waals surface area contributed by atoms with E-state index in [1.165, 1.54) is 60.1 Å². The highest BCUT2D eigenvalue weighted by molar-refractivity contribution is 6.18. The van der Waals surface area contributed by atoms with E-state index in [4.69, 9.17) is 9.15 Å². The Kier molecular flexibility index (Phi) is 8.28. The van der Waals surface area contributed by atoms with E-state index in [1.54, 1.807) is 0 Å². The van der Waals surface area contributed by atoms with Crippen LogP contribution in [0.5, 0.6) is 11.5 Å². The fourth-order valence-corrected chi connectivity index (χ4v) is 12.1. The van der Waals surface area contributed by atoms with Crippen LogP contribution in [0.25, 0.3) is 87.6 Å². The van der Waals surface area contributed by atoms with Gasteiger partial charge in [-0.3, -0.25) is 0 Å². The third kappa shape index (κ3) is 5.52. The summed E-state index contributed by atoms with van der Waals surface area (Å²) in [4.78, 5) is 2.39. The zero-order chi connectivity index (χ0) is 45.9. The van der Waals surface area contributed by atoms with Gasteiger partial charge in [-0.25, -0.2) is 0 Å². The minimum atomic E-state index is -0.568. The van der Waals surface area contributed by atoms with Gasteiger partial charge in [-0.05, 0) is 120 Å². The Labute approximate surface area is 404 Å². The molecule has 0 radical (unpaired) electrons. The molecule has 326 valence electrons. The van der Waals surface area contributed by atoms with Crippen LogP contribution >= 0.6 is 0 Å². The monoisotopic (exact) mass is 891 g/mol. The van der Waals surface area contributed by atoms with Crippen molar-refractivity contribution in [3.63, 3.8) is 0 Å². The van der Waals surface area contributed by atoms with Gasteiger partial charge in [-0.15, -0.1) is 0 Å². The number of hydrogen-bond acceptors (Lipinski definition) is 3. The fraction of sp³-hybridized carbons (Fsp3) is 0.0149. The topological polar surface area (TPSA) is 25.6 Å². The van der Waals surface area contributed by atoms with Crippen LogP contribution in [0.15, 0.2) is 253 Å². The lowest BCUT2D eigenvalue weighted by Crippen LogP contribution is -2.32. The molecule has 2 heterocycles. The number of benzene rings is 12. The maximum Gasteiger partial charge on any atom is 0.145 e. The lowest BCUT2D eigenvalue weighted by molar-refractivity contribution is 0.436. The number of anilines is 3. The van der Waals surface area contributed by atoms with Crippen LogP contribution < -0.4 is 9.64 Å². The highest BCUT2D eigenvalue weighted by atomic mass is 16.5. The molecule has 15 rings (SSSR count). The van der Waals surface area contributed by atoms with Crippen LogP contribution in [0.1, 0.15) is 22.3 Å². The summed E-state index contributed by atoms with van der Waals surface area (Å²) in [5.41, 5.74) is 16.0. The van der Waals surface area contributed by atoms with E-state index in [0.717, 1.165) is 78.3 Å². The number of ether oxygens (including phenoxy) is 1. The summed E-state index contributed by atoms with van der Waals surface area (Å²) in [6.45, 7) is 0. The quantitative estimate of drug-likeness (QED) is 0.161. The smallest absolute Gasteiger partial charge is 0.145 e. The molecule has 0 saturated carbocycles. The number of fused-ring (bicyclic) bond motifs is 16. The summed E-state index contributed by atoms with van der Waals surface area (Å²) >= 11 is 0. The predicted octanol–water partition coefficient (Wildman–Crippen LogP) is 18.3. The van der Waals surface area contributed by atoms with Crippen molar-refractivity contribution in [3.05, 3.63) is 271 Å². The highest BCUT2D eigenvalue weighted by Gasteiger charge is 2.51.